The third-order valence-electron chi connectivity index (χ3n) is 5.15. The zero-order chi connectivity index (χ0) is 17.9. The molecule has 2 amide bonds. The Morgan fingerprint density at radius 2 is 2.00 bits per heavy atom. The summed E-state index contributed by atoms with van der Waals surface area (Å²) in [5, 5.41) is 0. The molecule has 1 aromatic heterocycles. The largest absolute Gasteiger partial charge is 0.497 e. The van der Waals surface area contributed by atoms with E-state index in [0.717, 1.165) is 44.0 Å². The second-order valence-electron chi connectivity index (χ2n) is 6.96. The van der Waals surface area contributed by atoms with Crippen LogP contribution < -0.4 is 4.74 Å². The molecule has 6 heteroatoms. The number of amides is 2. The fourth-order valence-corrected chi connectivity index (χ4v) is 3.86. The van der Waals surface area contributed by atoms with Crippen LogP contribution >= 0.6 is 0 Å². The number of nitrogens with zero attached hydrogens (tertiary/aromatic N) is 4. The minimum Gasteiger partial charge on any atom is -0.497 e. The lowest BCUT2D eigenvalue weighted by molar-refractivity contribution is 0.116. The van der Waals surface area contributed by atoms with Crippen LogP contribution in [0.15, 0.2) is 48.8 Å². The van der Waals surface area contributed by atoms with Gasteiger partial charge in [0.1, 0.15) is 5.75 Å². The number of aromatic nitrogens is 1. The van der Waals surface area contributed by atoms with Gasteiger partial charge in [0.05, 0.1) is 13.2 Å². The predicted octanol–water partition coefficient (Wildman–Crippen LogP) is 2.21. The van der Waals surface area contributed by atoms with E-state index in [4.69, 9.17) is 4.74 Å². The third kappa shape index (κ3) is 3.51. The monoisotopic (exact) mass is 352 g/mol. The number of methoxy groups -OCH3 is 1. The van der Waals surface area contributed by atoms with E-state index in [0.29, 0.717) is 6.54 Å². The van der Waals surface area contributed by atoms with E-state index in [1.165, 1.54) is 5.56 Å². The molecule has 2 aliphatic heterocycles. The number of rotatable bonds is 5. The molecule has 2 fully saturated rings. The maximum Gasteiger partial charge on any atom is 0.320 e. The van der Waals surface area contributed by atoms with Crippen LogP contribution in [0.1, 0.15) is 11.1 Å². The molecular formula is C20H24N4O2. The predicted molar refractivity (Wildman–Crippen MR) is 98.8 cm³/mol. The van der Waals surface area contributed by atoms with E-state index < -0.39 is 0 Å². The van der Waals surface area contributed by atoms with E-state index >= 15 is 0 Å². The van der Waals surface area contributed by atoms with Gasteiger partial charge in [-0.3, -0.25) is 9.88 Å². The van der Waals surface area contributed by atoms with Gasteiger partial charge in [0.25, 0.3) is 0 Å². The van der Waals surface area contributed by atoms with Crippen molar-refractivity contribution >= 4 is 6.03 Å². The van der Waals surface area contributed by atoms with Crippen LogP contribution in [0.4, 0.5) is 4.79 Å². The molecule has 4 rings (SSSR count). The summed E-state index contributed by atoms with van der Waals surface area (Å²) in [4.78, 5) is 23.2. The van der Waals surface area contributed by atoms with Crippen molar-refractivity contribution in [2.75, 3.05) is 33.3 Å². The molecule has 0 bridgehead atoms. The Bertz CT molecular complexity index is 767. The van der Waals surface area contributed by atoms with Gasteiger partial charge in [-0.25, -0.2) is 4.79 Å². The number of pyridine rings is 1. The fraction of sp³-hybridized carbons (Fsp3) is 0.400. The van der Waals surface area contributed by atoms with Crippen LogP contribution in [0.25, 0.3) is 0 Å². The van der Waals surface area contributed by atoms with Crippen molar-refractivity contribution in [3.05, 3.63) is 59.9 Å². The Morgan fingerprint density at radius 1 is 1.12 bits per heavy atom. The Kier molecular flexibility index (Phi) is 4.75. The standard InChI is InChI=1S/C20H24N4O2/c1-26-19-6-2-4-16(10-19)12-22-8-9-24-18(14-22)15-23(20(24)25)13-17-5-3-7-21-11-17/h2-7,10-11,18H,8-9,12-15H2,1H3. The van der Waals surface area contributed by atoms with Crippen LogP contribution in [0, 0.1) is 0 Å². The molecule has 1 unspecified atom stereocenters. The van der Waals surface area contributed by atoms with Crippen molar-refractivity contribution < 1.29 is 9.53 Å². The molecule has 2 saturated heterocycles. The molecule has 2 aliphatic rings. The van der Waals surface area contributed by atoms with Crippen molar-refractivity contribution in [2.24, 2.45) is 0 Å². The molecule has 6 nitrogen and oxygen atoms in total. The van der Waals surface area contributed by atoms with Gasteiger partial charge in [-0.15, -0.1) is 0 Å². The summed E-state index contributed by atoms with van der Waals surface area (Å²) in [6, 6.07) is 12.6. The molecule has 3 heterocycles. The molecule has 0 radical (unpaired) electrons. The number of hydrogen-bond donors (Lipinski definition) is 0. The molecule has 136 valence electrons. The van der Waals surface area contributed by atoms with Crippen molar-refractivity contribution in [2.45, 2.75) is 19.1 Å². The van der Waals surface area contributed by atoms with Gasteiger partial charge < -0.3 is 14.5 Å². The van der Waals surface area contributed by atoms with Crippen LogP contribution in [0.3, 0.4) is 0 Å². The lowest BCUT2D eigenvalue weighted by atomic mass is 10.1. The molecular weight excluding hydrogens is 328 g/mol. The fourth-order valence-electron chi connectivity index (χ4n) is 3.86. The van der Waals surface area contributed by atoms with Crippen LogP contribution in [0.2, 0.25) is 0 Å². The number of carbonyl (C=O) groups is 1. The SMILES string of the molecule is COc1cccc(CN2CCN3C(=O)N(Cc4cccnc4)CC3C2)c1. The van der Waals surface area contributed by atoms with E-state index in [1.54, 1.807) is 13.3 Å². The first-order valence-corrected chi connectivity index (χ1v) is 9.02. The van der Waals surface area contributed by atoms with Gasteiger partial charge in [-0.2, -0.15) is 0 Å². The first-order valence-electron chi connectivity index (χ1n) is 9.02. The summed E-state index contributed by atoms with van der Waals surface area (Å²) in [6.45, 7) is 4.90. The molecule has 0 spiro atoms. The highest BCUT2D eigenvalue weighted by Crippen LogP contribution is 2.24. The Morgan fingerprint density at radius 3 is 2.81 bits per heavy atom. The lowest BCUT2D eigenvalue weighted by Crippen LogP contribution is -2.51. The van der Waals surface area contributed by atoms with Gasteiger partial charge in [0.2, 0.25) is 0 Å². The minimum atomic E-state index is 0.153. The Labute approximate surface area is 154 Å². The number of fused-ring (bicyclic) bond motifs is 1. The van der Waals surface area contributed by atoms with E-state index in [-0.39, 0.29) is 12.1 Å². The highest BCUT2D eigenvalue weighted by Gasteiger charge is 2.40. The molecule has 0 aliphatic carbocycles. The zero-order valence-electron chi connectivity index (χ0n) is 15.0. The third-order valence-corrected chi connectivity index (χ3v) is 5.15. The average Bonchev–Trinajstić information content (AvgIpc) is 2.98. The molecule has 0 saturated carbocycles. The summed E-state index contributed by atoms with van der Waals surface area (Å²) < 4.78 is 5.31. The number of hydrogen-bond acceptors (Lipinski definition) is 4. The van der Waals surface area contributed by atoms with Crippen molar-refractivity contribution in [1.82, 2.24) is 19.7 Å². The summed E-state index contributed by atoms with van der Waals surface area (Å²) in [6.07, 6.45) is 3.59. The first kappa shape index (κ1) is 16.8. The van der Waals surface area contributed by atoms with Crippen LogP contribution in [-0.2, 0) is 13.1 Å². The maximum atomic E-state index is 12.7. The zero-order valence-corrected chi connectivity index (χ0v) is 15.0. The van der Waals surface area contributed by atoms with Gasteiger partial charge in [-0.1, -0.05) is 18.2 Å². The summed E-state index contributed by atoms with van der Waals surface area (Å²) in [5.74, 6) is 0.889. The molecule has 1 atom stereocenters. The van der Waals surface area contributed by atoms with E-state index in [2.05, 4.69) is 22.0 Å². The van der Waals surface area contributed by atoms with Crippen LogP contribution in [0.5, 0.6) is 5.75 Å². The summed E-state index contributed by atoms with van der Waals surface area (Å²) in [7, 11) is 1.69. The number of benzene rings is 1. The minimum absolute atomic E-state index is 0.153. The Hall–Kier alpha value is -2.60. The Balaban J connectivity index is 1.38. The maximum absolute atomic E-state index is 12.7. The summed E-state index contributed by atoms with van der Waals surface area (Å²) in [5.41, 5.74) is 2.32. The normalized spacial score (nSPS) is 20.3. The summed E-state index contributed by atoms with van der Waals surface area (Å²) >= 11 is 0. The van der Waals surface area contributed by atoms with Crippen molar-refractivity contribution in [1.29, 1.82) is 0 Å². The number of carbonyl (C=O) groups excluding carboxylic acids is 1. The van der Waals surface area contributed by atoms with Gasteiger partial charge >= 0.3 is 6.03 Å². The first-order chi connectivity index (χ1) is 12.7. The number of urea groups is 1. The lowest BCUT2D eigenvalue weighted by Gasteiger charge is -2.36. The molecule has 0 N–H and O–H groups in total. The topological polar surface area (TPSA) is 48.9 Å². The van der Waals surface area contributed by atoms with Gasteiger partial charge in [0, 0.05) is 51.7 Å². The number of ether oxygens (including phenoxy) is 1. The second-order valence-corrected chi connectivity index (χ2v) is 6.96. The van der Waals surface area contributed by atoms with Crippen LogP contribution in [-0.4, -0.2) is 65.0 Å². The molecule has 26 heavy (non-hydrogen) atoms. The van der Waals surface area contributed by atoms with E-state index in [1.807, 2.05) is 40.3 Å². The average molecular weight is 352 g/mol. The smallest absolute Gasteiger partial charge is 0.320 e. The van der Waals surface area contributed by atoms with Crippen molar-refractivity contribution in [3.63, 3.8) is 0 Å². The second kappa shape index (κ2) is 7.33. The van der Waals surface area contributed by atoms with Crippen molar-refractivity contribution in [3.8, 4) is 5.75 Å². The molecule has 1 aromatic carbocycles. The van der Waals surface area contributed by atoms with Gasteiger partial charge in [0.15, 0.2) is 0 Å². The van der Waals surface area contributed by atoms with Gasteiger partial charge in [-0.05, 0) is 29.3 Å². The highest BCUT2D eigenvalue weighted by molar-refractivity contribution is 5.77. The highest BCUT2D eigenvalue weighted by atomic mass is 16.5. The number of piperazine rings is 1. The quantitative estimate of drug-likeness (QED) is 0.828. The molecule has 2 aromatic rings. The van der Waals surface area contributed by atoms with E-state index in [9.17, 15) is 4.79 Å².